The second-order valence-electron chi connectivity index (χ2n) is 5.71. The minimum Gasteiger partial charge on any atom is -0.392 e. The minimum atomic E-state index is 0.155. The van der Waals surface area contributed by atoms with E-state index in [-0.39, 0.29) is 6.61 Å². The van der Waals surface area contributed by atoms with Gasteiger partial charge in [-0.25, -0.2) is 0 Å². The zero-order valence-electron chi connectivity index (χ0n) is 16.1. The van der Waals surface area contributed by atoms with Gasteiger partial charge in [0.15, 0.2) is 0 Å². The molecular weight excluding hydrogens is 304 g/mol. The molecule has 0 saturated carbocycles. The van der Waals surface area contributed by atoms with Crippen molar-refractivity contribution >= 4 is 0 Å². The van der Waals surface area contributed by atoms with E-state index in [0.717, 1.165) is 50.5 Å². The predicted octanol–water partition coefficient (Wildman–Crippen LogP) is 7.01. The Morgan fingerprint density at radius 1 is 0.600 bits per heavy atom. The van der Waals surface area contributed by atoms with E-state index in [9.17, 15) is 0 Å². The number of hydrogen-bond acceptors (Lipinski definition) is 1. The third-order valence-electron chi connectivity index (χ3n) is 3.56. The smallest absolute Gasteiger partial charge is 0.0644 e. The van der Waals surface area contributed by atoms with Crippen LogP contribution in [0.4, 0.5) is 0 Å². The Balaban J connectivity index is 3.65. The summed E-state index contributed by atoms with van der Waals surface area (Å²) in [7, 11) is 0. The Kier molecular flexibility index (Phi) is 18.7. The first-order valence-corrected chi connectivity index (χ1v) is 9.55. The van der Waals surface area contributed by atoms with E-state index in [2.05, 4.69) is 80.7 Å². The third kappa shape index (κ3) is 18.3. The molecule has 0 radical (unpaired) electrons. The van der Waals surface area contributed by atoms with Crippen molar-refractivity contribution in [2.45, 2.75) is 58.8 Å². The molecule has 1 N–H and O–H groups in total. The topological polar surface area (TPSA) is 20.2 Å². The highest BCUT2D eigenvalue weighted by molar-refractivity contribution is 5.13. The predicted molar refractivity (Wildman–Crippen MR) is 114 cm³/mol. The van der Waals surface area contributed by atoms with Gasteiger partial charge in [-0.3, -0.25) is 0 Å². The molecule has 0 rings (SSSR count). The number of aliphatic hydroxyl groups excluding tert-OH is 1. The van der Waals surface area contributed by atoms with Crippen LogP contribution in [0.3, 0.4) is 0 Å². The highest BCUT2D eigenvalue weighted by Gasteiger charge is 1.86. The lowest BCUT2D eigenvalue weighted by Gasteiger charge is -1.94. The van der Waals surface area contributed by atoms with Crippen LogP contribution in [0.1, 0.15) is 58.8 Å². The average Bonchev–Trinajstić information content (AvgIpc) is 2.64. The molecule has 0 aromatic carbocycles. The first kappa shape index (κ1) is 23.1. The average molecular weight is 341 g/mol. The van der Waals surface area contributed by atoms with E-state index in [1.54, 1.807) is 0 Å². The van der Waals surface area contributed by atoms with E-state index in [0.29, 0.717) is 0 Å². The summed E-state index contributed by atoms with van der Waals surface area (Å²) in [4.78, 5) is 0. The monoisotopic (exact) mass is 340 g/mol. The normalized spacial score (nSPS) is 14.0. The molecule has 138 valence electrons. The van der Waals surface area contributed by atoms with Crippen LogP contribution >= 0.6 is 0 Å². The van der Waals surface area contributed by atoms with Gasteiger partial charge in [-0.05, 0) is 50.5 Å². The van der Waals surface area contributed by atoms with Gasteiger partial charge in [0.2, 0.25) is 0 Å². The summed E-state index contributed by atoms with van der Waals surface area (Å²) in [5.41, 5.74) is 1.07. The summed E-state index contributed by atoms with van der Waals surface area (Å²) >= 11 is 0. The second kappa shape index (κ2) is 20.2. The van der Waals surface area contributed by atoms with Gasteiger partial charge in [-0.1, -0.05) is 92.8 Å². The van der Waals surface area contributed by atoms with Crippen LogP contribution in [0.5, 0.6) is 0 Å². The summed E-state index contributed by atoms with van der Waals surface area (Å²) in [5, 5.41) is 9.04. The first-order chi connectivity index (χ1) is 12.3. The number of allylic oxidation sites excluding steroid dienone is 13. The Morgan fingerprint density at radius 2 is 1.00 bits per heavy atom. The van der Waals surface area contributed by atoms with Crippen molar-refractivity contribution in [1.29, 1.82) is 0 Å². The number of hydrogen-bond donors (Lipinski definition) is 1. The largest absolute Gasteiger partial charge is 0.392 e. The zero-order chi connectivity index (χ0) is 18.4. The second-order valence-corrected chi connectivity index (χ2v) is 5.71. The molecule has 1 nitrogen and oxygen atoms in total. The van der Waals surface area contributed by atoms with Gasteiger partial charge in [0.05, 0.1) is 6.61 Å². The fourth-order valence-electron chi connectivity index (χ4n) is 1.99. The fourth-order valence-corrected chi connectivity index (χ4v) is 1.99. The molecule has 25 heavy (non-hydrogen) atoms. The van der Waals surface area contributed by atoms with E-state index >= 15 is 0 Å². The van der Waals surface area contributed by atoms with E-state index in [1.165, 1.54) is 0 Å². The Labute approximate surface area is 155 Å². The highest BCUT2D eigenvalue weighted by Crippen LogP contribution is 2.00. The first-order valence-electron chi connectivity index (χ1n) is 9.55. The van der Waals surface area contributed by atoms with E-state index in [1.807, 2.05) is 12.2 Å². The molecule has 0 fully saturated rings. The number of aliphatic hydroxyl groups is 1. The van der Waals surface area contributed by atoms with Crippen LogP contribution < -0.4 is 0 Å². The summed E-state index contributed by atoms with van der Waals surface area (Å²) in [5.74, 6) is 0. The van der Waals surface area contributed by atoms with Crippen LogP contribution in [0.2, 0.25) is 0 Å². The van der Waals surface area contributed by atoms with Crippen molar-refractivity contribution in [2.24, 2.45) is 0 Å². The molecule has 0 aliphatic heterocycles. The van der Waals surface area contributed by atoms with Crippen molar-refractivity contribution < 1.29 is 5.11 Å². The molecule has 0 saturated heterocycles. The molecule has 1 heteroatoms. The molecule has 0 aromatic rings. The van der Waals surface area contributed by atoms with Crippen molar-refractivity contribution in [3.8, 4) is 0 Å². The molecule has 0 aliphatic rings. The number of rotatable bonds is 14. The lowest BCUT2D eigenvalue weighted by Crippen LogP contribution is -1.86. The summed E-state index contributed by atoms with van der Waals surface area (Å²) in [6.45, 7) is 4.37. The van der Waals surface area contributed by atoms with E-state index < -0.39 is 0 Å². The van der Waals surface area contributed by atoms with Crippen molar-refractivity contribution in [1.82, 2.24) is 0 Å². The summed E-state index contributed by atoms with van der Waals surface area (Å²) in [6, 6.07) is 0. The quantitative estimate of drug-likeness (QED) is 0.266. The van der Waals surface area contributed by atoms with Gasteiger partial charge in [0.25, 0.3) is 0 Å². The summed E-state index contributed by atoms with van der Waals surface area (Å²) < 4.78 is 0. The standard InChI is InChI=1S/C24H36O/c1-3-5-6-7-8-9-10-11-12-13-14-15-16-17-18-19-20-21-22-24(4-2)23-25/h5-6,8-9,11-12,14-15,17-18,20-22,25H,3-4,7,10,13,16,19,23H2,1-2H3/b6-5-,9-8-,12-11-,15-14-,18-17-,21-20+,24-22-. The molecule has 0 amide bonds. The van der Waals surface area contributed by atoms with Gasteiger partial charge < -0.3 is 5.11 Å². The van der Waals surface area contributed by atoms with Crippen LogP contribution in [0.15, 0.2) is 84.6 Å². The van der Waals surface area contributed by atoms with E-state index in [4.69, 9.17) is 5.11 Å². The molecule has 0 spiro atoms. The van der Waals surface area contributed by atoms with Crippen LogP contribution in [0.25, 0.3) is 0 Å². The van der Waals surface area contributed by atoms with Gasteiger partial charge in [-0.2, -0.15) is 0 Å². The van der Waals surface area contributed by atoms with Crippen molar-refractivity contribution in [3.05, 3.63) is 84.6 Å². The Hall–Kier alpha value is -1.86. The molecule has 0 atom stereocenters. The van der Waals surface area contributed by atoms with Gasteiger partial charge in [0, 0.05) is 0 Å². The SMILES string of the molecule is CC/C=C\C/C=C\C/C=C\C/C=C\C/C=C\C/C=C/C=C(/CC)CO. The van der Waals surface area contributed by atoms with Crippen LogP contribution in [-0.4, -0.2) is 11.7 Å². The zero-order valence-corrected chi connectivity index (χ0v) is 16.1. The molecule has 0 bridgehead atoms. The van der Waals surface area contributed by atoms with Gasteiger partial charge in [-0.15, -0.1) is 0 Å². The lowest BCUT2D eigenvalue weighted by molar-refractivity contribution is 0.327. The van der Waals surface area contributed by atoms with Crippen LogP contribution in [-0.2, 0) is 0 Å². The van der Waals surface area contributed by atoms with Gasteiger partial charge in [0.1, 0.15) is 0 Å². The maximum Gasteiger partial charge on any atom is 0.0644 e. The summed E-state index contributed by atoms with van der Waals surface area (Å²) in [6.07, 6.45) is 35.2. The molecule has 0 aliphatic carbocycles. The molecule has 0 aromatic heterocycles. The third-order valence-corrected chi connectivity index (χ3v) is 3.56. The molecule has 0 unspecified atom stereocenters. The van der Waals surface area contributed by atoms with Crippen molar-refractivity contribution in [3.63, 3.8) is 0 Å². The molecule has 0 heterocycles. The Bertz CT molecular complexity index is 478. The maximum absolute atomic E-state index is 9.04. The lowest BCUT2D eigenvalue weighted by atomic mass is 10.2. The fraction of sp³-hybridized carbons (Fsp3) is 0.417. The Morgan fingerprint density at radius 3 is 1.36 bits per heavy atom. The minimum absolute atomic E-state index is 0.155. The van der Waals surface area contributed by atoms with Gasteiger partial charge >= 0.3 is 0 Å². The van der Waals surface area contributed by atoms with Crippen LogP contribution in [0, 0.1) is 0 Å². The maximum atomic E-state index is 9.04. The highest BCUT2D eigenvalue weighted by atomic mass is 16.3. The molecular formula is C24H36O. The van der Waals surface area contributed by atoms with Crippen molar-refractivity contribution in [2.75, 3.05) is 6.61 Å².